The fraction of sp³-hybridized carbons (Fsp3) is 0.500. The Balaban J connectivity index is 0.00000180. The Labute approximate surface area is 137 Å². The van der Waals surface area contributed by atoms with Gasteiger partial charge in [0, 0.05) is 24.2 Å². The molecule has 0 aromatic heterocycles. The molecule has 106 valence electrons. The minimum absolute atomic E-state index is 0. The zero-order valence-electron chi connectivity index (χ0n) is 11.2. The Morgan fingerprint density at radius 3 is 2.58 bits per heavy atom. The summed E-state index contributed by atoms with van der Waals surface area (Å²) in [6.07, 6.45) is 3.47. The fourth-order valence-corrected chi connectivity index (χ4v) is 1.81. The molecule has 2 rings (SSSR count). The second-order valence-electron chi connectivity index (χ2n) is 4.56. The number of halogens is 2. The van der Waals surface area contributed by atoms with Gasteiger partial charge in [-0.25, -0.2) is 0 Å². The van der Waals surface area contributed by atoms with E-state index in [1.807, 2.05) is 12.1 Å². The lowest BCUT2D eigenvalue weighted by Gasteiger charge is -2.10. The molecule has 0 aliphatic heterocycles. The van der Waals surface area contributed by atoms with Crippen LogP contribution in [-0.2, 0) is 6.42 Å². The lowest BCUT2D eigenvalue weighted by Crippen LogP contribution is -2.38. The summed E-state index contributed by atoms with van der Waals surface area (Å²) in [5.41, 5.74) is 1.27. The molecule has 0 bridgehead atoms. The van der Waals surface area contributed by atoms with E-state index in [1.165, 1.54) is 18.4 Å². The molecule has 0 unspecified atom stereocenters. The van der Waals surface area contributed by atoms with Crippen molar-refractivity contribution in [2.75, 3.05) is 13.1 Å². The van der Waals surface area contributed by atoms with Crippen LogP contribution in [0.2, 0.25) is 5.02 Å². The Morgan fingerprint density at radius 2 is 2.00 bits per heavy atom. The van der Waals surface area contributed by atoms with Crippen LogP contribution >= 0.6 is 35.6 Å². The van der Waals surface area contributed by atoms with Crippen LogP contribution < -0.4 is 10.6 Å². The van der Waals surface area contributed by atoms with Crippen LogP contribution in [0.3, 0.4) is 0 Å². The van der Waals surface area contributed by atoms with Gasteiger partial charge in [0.05, 0.1) is 0 Å². The average Bonchev–Trinajstić information content (AvgIpc) is 3.16. The third-order valence-corrected chi connectivity index (χ3v) is 3.10. The molecule has 0 atom stereocenters. The quantitative estimate of drug-likeness (QED) is 0.458. The van der Waals surface area contributed by atoms with E-state index < -0.39 is 0 Å². The summed E-state index contributed by atoms with van der Waals surface area (Å²) < 4.78 is 0. The van der Waals surface area contributed by atoms with Crippen LogP contribution in [0.25, 0.3) is 0 Å². The maximum absolute atomic E-state index is 5.85. The number of benzene rings is 1. The van der Waals surface area contributed by atoms with Crippen LogP contribution in [0.15, 0.2) is 29.3 Å². The highest BCUT2D eigenvalue weighted by atomic mass is 127. The first kappa shape index (κ1) is 16.6. The van der Waals surface area contributed by atoms with Crippen LogP contribution in [0, 0.1) is 0 Å². The highest BCUT2D eigenvalue weighted by Gasteiger charge is 2.21. The Kier molecular flexibility index (Phi) is 7.53. The lowest BCUT2D eigenvalue weighted by molar-refractivity contribution is 0.808. The van der Waals surface area contributed by atoms with Crippen molar-refractivity contribution in [1.29, 1.82) is 0 Å². The molecule has 1 aliphatic carbocycles. The van der Waals surface area contributed by atoms with E-state index in [4.69, 9.17) is 11.6 Å². The van der Waals surface area contributed by atoms with Crippen molar-refractivity contribution in [3.63, 3.8) is 0 Å². The minimum atomic E-state index is 0. The number of hydrogen-bond acceptors (Lipinski definition) is 1. The zero-order valence-corrected chi connectivity index (χ0v) is 14.2. The molecule has 0 amide bonds. The maximum Gasteiger partial charge on any atom is 0.191 e. The Morgan fingerprint density at radius 1 is 1.32 bits per heavy atom. The van der Waals surface area contributed by atoms with Crippen molar-refractivity contribution in [3.8, 4) is 0 Å². The summed E-state index contributed by atoms with van der Waals surface area (Å²) in [6.45, 7) is 3.78. The van der Waals surface area contributed by atoms with Gasteiger partial charge in [-0.05, 0) is 43.9 Å². The molecule has 0 spiro atoms. The van der Waals surface area contributed by atoms with Gasteiger partial charge in [0.1, 0.15) is 0 Å². The number of rotatable bonds is 5. The van der Waals surface area contributed by atoms with Crippen molar-refractivity contribution in [1.82, 2.24) is 10.6 Å². The van der Waals surface area contributed by atoms with Gasteiger partial charge in [0.25, 0.3) is 0 Å². The van der Waals surface area contributed by atoms with Crippen LogP contribution in [0.4, 0.5) is 0 Å². The summed E-state index contributed by atoms with van der Waals surface area (Å²) >= 11 is 5.85. The first-order valence-electron chi connectivity index (χ1n) is 6.57. The number of nitrogens with one attached hydrogen (secondary N) is 2. The summed E-state index contributed by atoms with van der Waals surface area (Å²) in [7, 11) is 0. The van der Waals surface area contributed by atoms with E-state index in [0.717, 1.165) is 30.5 Å². The van der Waals surface area contributed by atoms with Crippen molar-refractivity contribution < 1.29 is 0 Å². The third kappa shape index (κ3) is 6.47. The average molecular weight is 394 g/mol. The van der Waals surface area contributed by atoms with Gasteiger partial charge >= 0.3 is 0 Å². The molecule has 1 aromatic carbocycles. The highest BCUT2D eigenvalue weighted by molar-refractivity contribution is 14.0. The standard InChI is InChI=1S/C14H20ClN3.HI/c1-2-16-14(18-13-7-8-13)17-10-9-11-3-5-12(15)6-4-11;/h3-6,13H,2,7-10H2,1H3,(H2,16,17,18);1H. The van der Waals surface area contributed by atoms with E-state index in [9.17, 15) is 0 Å². The van der Waals surface area contributed by atoms with Gasteiger partial charge in [-0.3, -0.25) is 4.99 Å². The lowest BCUT2D eigenvalue weighted by atomic mass is 10.1. The number of nitrogens with zero attached hydrogens (tertiary/aromatic N) is 1. The van der Waals surface area contributed by atoms with Crippen molar-refractivity contribution in [2.24, 2.45) is 4.99 Å². The molecule has 1 fully saturated rings. The summed E-state index contributed by atoms with van der Waals surface area (Å²) in [5.74, 6) is 0.939. The van der Waals surface area contributed by atoms with Gasteiger partial charge in [0.2, 0.25) is 0 Å². The SMILES string of the molecule is CCNC(=NCCc1ccc(Cl)cc1)NC1CC1.I. The minimum Gasteiger partial charge on any atom is -0.357 e. The van der Waals surface area contributed by atoms with Crippen LogP contribution in [0.5, 0.6) is 0 Å². The molecule has 1 aromatic rings. The largest absolute Gasteiger partial charge is 0.357 e. The Bertz CT molecular complexity index is 402. The zero-order chi connectivity index (χ0) is 12.8. The molecule has 19 heavy (non-hydrogen) atoms. The van der Waals surface area contributed by atoms with Gasteiger partial charge in [0.15, 0.2) is 5.96 Å². The summed E-state index contributed by atoms with van der Waals surface area (Å²) in [5, 5.41) is 7.46. The second-order valence-corrected chi connectivity index (χ2v) is 4.99. The van der Waals surface area contributed by atoms with Crippen molar-refractivity contribution >= 4 is 41.5 Å². The van der Waals surface area contributed by atoms with Crippen molar-refractivity contribution in [3.05, 3.63) is 34.9 Å². The van der Waals surface area contributed by atoms with E-state index in [1.54, 1.807) is 0 Å². The molecule has 3 nitrogen and oxygen atoms in total. The van der Waals surface area contributed by atoms with E-state index in [2.05, 4.69) is 34.7 Å². The normalized spacial score (nSPS) is 14.7. The molecular weight excluding hydrogens is 373 g/mol. The molecule has 1 aliphatic rings. The number of guanidine groups is 1. The predicted molar refractivity (Wildman–Crippen MR) is 92.7 cm³/mol. The van der Waals surface area contributed by atoms with Crippen LogP contribution in [-0.4, -0.2) is 25.1 Å². The molecular formula is C14H21ClIN3. The number of aliphatic imine (C=N–C) groups is 1. The fourth-order valence-electron chi connectivity index (χ4n) is 1.69. The molecule has 0 radical (unpaired) electrons. The van der Waals surface area contributed by atoms with Gasteiger partial charge in [-0.15, -0.1) is 24.0 Å². The molecule has 0 saturated heterocycles. The summed E-state index contributed by atoms with van der Waals surface area (Å²) in [6, 6.07) is 8.60. The van der Waals surface area contributed by atoms with E-state index in [-0.39, 0.29) is 24.0 Å². The smallest absolute Gasteiger partial charge is 0.191 e. The van der Waals surface area contributed by atoms with Gasteiger partial charge in [-0.2, -0.15) is 0 Å². The third-order valence-electron chi connectivity index (χ3n) is 2.85. The molecule has 5 heteroatoms. The maximum atomic E-state index is 5.85. The van der Waals surface area contributed by atoms with Gasteiger partial charge < -0.3 is 10.6 Å². The molecule has 0 heterocycles. The second kappa shape index (κ2) is 8.64. The first-order chi connectivity index (χ1) is 8.78. The van der Waals surface area contributed by atoms with Crippen molar-refractivity contribution in [2.45, 2.75) is 32.2 Å². The highest BCUT2D eigenvalue weighted by Crippen LogP contribution is 2.18. The molecule has 1 saturated carbocycles. The monoisotopic (exact) mass is 393 g/mol. The number of hydrogen-bond donors (Lipinski definition) is 2. The molecule has 2 N–H and O–H groups in total. The van der Waals surface area contributed by atoms with E-state index in [0.29, 0.717) is 6.04 Å². The van der Waals surface area contributed by atoms with Crippen LogP contribution in [0.1, 0.15) is 25.3 Å². The van der Waals surface area contributed by atoms with E-state index >= 15 is 0 Å². The Hall–Kier alpha value is -0.490. The summed E-state index contributed by atoms with van der Waals surface area (Å²) in [4.78, 5) is 4.57. The predicted octanol–water partition coefficient (Wildman–Crippen LogP) is 3.22. The topological polar surface area (TPSA) is 36.4 Å². The first-order valence-corrected chi connectivity index (χ1v) is 6.95. The van der Waals surface area contributed by atoms with Gasteiger partial charge in [-0.1, -0.05) is 23.7 Å².